The average molecular weight is 1120 g/mol. The maximum absolute atomic E-state index is 0. The first-order chi connectivity index (χ1) is 0. The fourth-order valence-electron chi connectivity index (χ4n) is 0. The second-order valence-electron chi connectivity index (χ2n) is 0. The largest absolute Gasteiger partial charge is 5.00 e. The van der Waals surface area contributed by atoms with Crippen molar-refractivity contribution in [3.05, 3.63) is 0 Å². The SMILES string of the molecule is [Nb+5].[Nb+5].[O-2].[O-2].[O-2].[O-2].[O-2].[O-2].[O-2].[O-2].[O-2].[O-2].[O-2].[O-2].[O-2].[O-2].[O-2].[Pb+2].[Pb+2].[Ti+4].[Ti+4].[Zr+4].[Zr+4]. The van der Waals surface area contributed by atoms with Crippen LogP contribution in [0.5, 0.6) is 0 Å². The summed E-state index contributed by atoms with van der Waals surface area (Å²) in [5, 5.41) is 0. The van der Waals surface area contributed by atoms with E-state index in [4.69, 9.17) is 0 Å². The summed E-state index contributed by atoms with van der Waals surface area (Å²) in [6.07, 6.45) is 0. The quantitative estimate of drug-likeness (QED) is 0.226. The summed E-state index contributed by atoms with van der Waals surface area (Å²) in [6.45, 7) is 0. The molecule has 0 atom stereocenters. The van der Waals surface area contributed by atoms with Crippen LogP contribution < -0.4 is 0 Å². The van der Waals surface area contributed by atoms with Gasteiger partial charge in [-0.25, -0.2) is 0 Å². The van der Waals surface area contributed by atoms with Crippen molar-refractivity contribution in [1.82, 2.24) is 0 Å². The Morgan fingerprint density at radius 1 is 0.217 bits per heavy atom. The monoisotopic (exact) mass is 1120 g/mol. The van der Waals surface area contributed by atoms with E-state index in [9.17, 15) is 0 Å². The van der Waals surface area contributed by atoms with E-state index in [0.717, 1.165) is 0 Å². The second-order valence-corrected chi connectivity index (χ2v) is 0. The second kappa shape index (κ2) is 577. The van der Waals surface area contributed by atoms with Gasteiger partial charge in [-0.2, -0.15) is 0 Å². The summed E-state index contributed by atoms with van der Waals surface area (Å²) in [5.74, 6) is 0. The number of hydrogen-bond acceptors (Lipinski definition) is 0. The maximum Gasteiger partial charge on any atom is 5.00 e. The molecule has 0 aromatic carbocycles. The molecule has 0 aromatic heterocycles. The van der Waals surface area contributed by atoms with Crippen LogP contribution in [-0.2, 0) is 223 Å². The minimum absolute atomic E-state index is 0. The molecule has 0 aliphatic rings. The zero-order valence-electron chi connectivity index (χ0n) is 10.0. The molecule has 15 nitrogen and oxygen atoms in total. The molecule has 4 radical (unpaired) electrons. The van der Waals surface area contributed by atoms with Gasteiger partial charge in [0.05, 0.1) is 0 Å². The topological polar surface area (TPSA) is 428 Å². The van der Waals surface area contributed by atoms with E-state index >= 15 is 0 Å². The smallest absolute Gasteiger partial charge is 2.00 e. The third-order valence-corrected chi connectivity index (χ3v) is 0. The van der Waals surface area contributed by atoms with Gasteiger partial charge in [0.15, 0.2) is 0 Å². The van der Waals surface area contributed by atoms with Crippen molar-refractivity contribution in [1.29, 1.82) is 0 Å². The van der Waals surface area contributed by atoms with Gasteiger partial charge >= 0.3 is 195 Å². The molecule has 0 N–H and O–H groups in total. The summed E-state index contributed by atoms with van der Waals surface area (Å²) in [6, 6.07) is 0. The Hall–Kier alpha value is 5.92. The number of hydrogen-bond donors (Lipinski definition) is 0. The normalized spacial score (nSPS) is 0. The molecule has 0 unspecified atom stereocenters. The molecule has 0 rings (SSSR count). The van der Waals surface area contributed by atoms with Crippen LogP contribution in [0.4, 0.5) is 0 Å². The number of rotatable bonds is 0. The van der Waals surface area contributed by atoms with Crippen molar-refractivity contribution >= 4 is 54.6 Å². The fourth-order valence-corrected chi connectivity index (χ4v) is 0. The molecule has 0 bridgehead atoms. The fraction of sp³-hybridized carbons (Fsp3) is 0. The van der Waals surface area contributed by atoms with Crippen molar-refractivity contribution in [2.24, 2.45) is 0 Å². The van der Waals surface area contributed by atoms with Gasteiger partial charge in [0.1, 0.15) is 0 Å². The van der Waals surface area contributed by atoms with Crippen molar-refractivity contribution in [2.75, 3.05) is 0 Å². The molecule has 124 valence electrons. The van der Waals surface area contributed by atoms with Crippen LogP contribution in [0.15, 0.2) is 0 Å². The molecule has 0 saturated heterocycles. The van der Waals surface area contributed by atoms with Crippen LogP contribution in [0.2, 0.25) is 0 Å². The molecule has 0 aromatic rings. The van der Waals surface area contributed by atoms with Crippen LogP contribution in [-0.4, -0.2) is 54.6 Å². The third-order valence-electron chi connectivity index (χ3n) is 0. The Bertz CT molecular complexity index is 37.4. The molecular weight excluding hydrogens is 1120 g/mol. The summed E-state index contributed by atoms with van der Waals surface area (Å²) in [5.41, 5.74) is 0. The van der Waals surface area contributed by atoms with Crippen LogP contribution in [0.25, 0.3) is 0 Å². The molecule has 0 amide bonds. The predicted octanol–water partition coefficient (Wildman–Crippen LogP) is -2.56. The molecular formula is Nb2O15Pb2Ti2Zr2. The summed E-state index contributed by atoms with van der Waals surface area (Å²) < 4.78 is 0. The zero-order chi connectivity index (χ0) is 0. The summed E-state index contributed by atoms with van der Waals surface area (Å²) in [4.78, 5) is 0. The van der Waals surface area contributed by atoms with Crippen molar-refractivity contribution in [3.8, 4) is 0 Å². The molecule has 0 aliphatic carbocycles. The molecule has 23 heavy (non-hydrogen) atoms. The Kier molecular flexibility index (Phi) is 16200. The molecule has 23 heteroatoms. The third kappa shape index (κ3) is 535. The minimum Gasteiger partial charge on any atom is -2.00 e. The van der Waals surface area contributed by atoms with E-state index in [-0.39, 0.29) is 277 Å². The first-order valence-electron chi connectivity index (χ1n) is 0. The van der Waals surface area contributed by atoms with Gasteiger partial charge in [0, 0.05) is 0 Å². The zero-order valence-corrected chi connectivity index (χ0v) is 30.2. The van der Waals surface area contributed by atoms with Crippen LogP contribution in [0.3, 0.4) is 0 Å². The van der Waals surface area contributed by atoms with E-state index in [1.54, 1.807) is 0 Å². The Labute approximate surface area is 272 Å². The minimum atomic E-state index is 0. The van der Waals surface area contributed by atoms with E-state index in [1.807, 2.05) is 0 Å². The van der Waals surface area contributed by atoms with E-state index in [0.29, 0.717) is 0 Å². The molecule has 0 saturated carbocycles. The van der Waals surface area contributed by atoms with Gasteiger partial charge < -0.3 is 82.1 Å². The molecule has 0 heterocycles. The van der Waals surface area contributed by atoms with Crippen molar-refractivity contribution < 1.29 is 223 Å². The van der Waals surface area contributed by atoms with Gasteiger partial charge in [0.25, 0.3) is 0 Å². The Morgan fingerprint density at radius 2 is 0.217 bits per heavy atom. The maximum atomic E-state index is 0. The van der Waals surface area contributed by atoms with E-state index in [2.05, 4.69) is 0 Å². The van der Waals surface area contributed by atoms with Gasteiger partial charge in [-0.05, 0) is 0 Å². The molecule has 0 aliphatic heterocycles. The summed E-state index contributed by atoms with van der Waals surface area (Å²) in [7, 11) is 0. The van der Waals surface area contributed by atoms with E-state index in [1.165, 1.54) is 0 Å². The van der Waals surface area contributed by atoms with Gasteiger partial charge in [0.2, 0.25) is 0 Å². The first kappa shape index (κ1) is 643. The molecule has 0 spiro atoms. The summed E-state index contributed by atoms with van der Waals surface area (Å²) >= 11 is 0. The van der Waals surface area contributed by atoms with Gasteiger partial charge in [-0.3, -0.25) is 0 Å². The van der Waals surface area contributed by atoms with E-state index < -0.39 is 0 Å². The van der Waals surface area contributed by atoms with Crippen LogP contribution in [0.1, 0.15) is 0 Å². The van der Waals surface area contributed by atoms with Gasteiger partial charge in [-0.15, -0.1) is 0 Å². The molecule has 0 fully saturated rings. The first-order valence-corrected chi connectivity index (χ1v) is 0. The van der Waals surface area contributed by atoms with Crippen molar-refractivity contribution in [3.63, 3.8) is 0 Å². The predicted molar refractivity (Wildman–Crippen MR) is 21.8 cm³/mol. The average Bonchev–Trinajstić information content (AvgIpc) is 0. The van der Waals surface area contributed by atoms with Gasteiger partial charge in [-0.1, -0.05) is 0 Å². The van der Waals surface area contributed by atoms with Crippen molar-refractivity contribution in [2.45, 2.75) is 0 Å². The standard InChI is InChI=1S/2Nb.15O.2Pb.2Ti.2Zr/q2*+5;15*-2;2*+2;4*+4. The Balaban J connectivity index is 0. The van der Waals surface area contributed by atoms with Crippen LogP contribution in [0, 0.1) is 0 Å². The Morgan fingerprint density at radius 3 is 0.217 bits per heavy atom. The van der Waals surface area contributed by atoms with Crippen LogP contribution >= 0.6 is 0 Å².